The molecule has 19 heavy (non-hydrogen) atoms. The first-order valence-corrected chi connectivity index (χ1v) is 5.78. The average molecular weight is 259 g/mol. The second kappa shape index (κ2) is 5.01. The maximum atomic E-state index is 7.92. The van der Waals surface area contributed by atoms with E-state index >= 15 is 0 Å². The van der Waals surface area contributed by atoms with Crippen LogP contribution in [0.1, 0.15) is 5.69 Å². The number of nitrogens with two attached hydrogens (primary N) is 1. The van der Waals surface area contributed by atoms with Crippen molar-refractivity contribution < 1.29 is 4.74 Å². The SMILES string of the molecule is COc1ccc(-n2cnc(C(=N)N(C)C)c2N)cc1. The van der Waals surface area contributed by atoms with Crippen LogP contribution in [0.15, 0.2) is 30.6 Å². The van der Waals surface area contributed by atoms with E-state index in [-0.39, 0.29) is 5.84 Å². The van der Waals surface area contributed by atoms with Gasteiger partial charge < -0.3 is 15.4 Å². The molecule has 0 radical (unpaired) electrons. The van der Waals surface area contributed by atoms with Gasteiger partial charge in [-0.3, -0.25) is 9.98 Å². The van der Waals surface area contributed by atoms with Gasteiger partial charge in [-0.15, -0.1) is 0 Å². The molecule has 0 unspecified atom stereocenters. The molecule has 1 aromatic heterocycles. The van der Waals surface area contributed by atoms with E-state index in [2.05, 4.69) is 4.98 Å². The molecule has 0 saturated carbocycles. The Hall–Kier alpha value is -2.50. The van der Waals surface area contributed by atoms with E-state index in [0.717, 1.165) is 11.4 Å². The number of nitrogens with zero attached hydrogens (tertiary/aromatic N) is 3. The molecule has 3 N–H and O–H groups in total. The third kappa shape index (κ3) is 2.37. The van der Waals surface area contributed by atoms with Crippen LogP contribution in [0.3, 0.4) is 0 Å². The first kappa shape index (κ1) is 12.9. The molecular weight excluding hydrogens is 242 g/mol. The summed E-state index contributed by atoms with van der Waals surface area (Å²) in [6.45, 7) is 0. The fraction of sp³-hybridized carbons (Fsp3) is 0.231. The molecule has 0 aliphatic rings. The van der Waals surface area contributed by atoms with Crippen LogP contribution in [0.5, 0.6) is 5.75 Å². The Morgan fingerprint density at radius 2 is 1.95 bits per heavy atom. The van der Waals surface area contributed by atoms with Crippen molar-refractivity contribution in [2.75, 3.05) is 26.9 Å². The Kier molecular flexibility index (Phi) is 3.41. The Labute approximate surface area is 111 Å². The standard InChI is InChI=1S/C13H17N5O/c1-17(2)12(14)11-13(15)18(8-16-11)9-4-6-10(19-3)7-5-9/h4-8,14H,15H2,1-3H3. The van der Waals surface area contributed by atoms with Gasteiger partial charge in [-0.1, -0.05) is 0 Å². The molecule has 0 bridgehead atoms. The number of hydrogen-bond acceptors (Lipinski definition) is 4. The van der Waals surface area contributed by atoms with Crippen LogP contribution >= 0.6 is 0 Å². The monoisotopic (exact) mass is 259 g/mol. The van der Waals surface area contributed by atoms with E-state index in [1.165, 1.54) is 0 Å². The van der Waals surface area contributed by atoms with Crippen LogP contribution in [0, 0.1) is 5.41 Å². The number of nitrogen functional groups attached to an aromatic ring is 1. The van der Waals surface area contributed by atoms with Gasteiger partial charge in [0.15, 0.2) is 0 Å². The van der Waals surface area contributed by atoms with Gasteiger partial charge in [0.05, 0.1) is 7.11 Å². The van der Waals surface area contributed by atoms with Crippen LogP contribution in [-0.2, 0) is 0 Å². The summed E-state index contributed by atoms with van der Waals surface area (Å²) in [6.07, 6.45) is 1.62. The molecule has 0 spiro atoms. The van der Waals surface area contributed by atoms with Crippen molar-refractivity contribution in [2.24, 2.45) is 0 Å². The van der Waals surface area contributed by atoms with E-state index in [4.69, 9.17) is 15.9 Å². The fourth-order valence-electron chi connectivity index (χ4n) is 1.70. The largest absolute Gasteiger partial charge is 0.497 e. The van der Waals surface area contributed by atoms with Gasteiger partial charge in [-0.2, -0.15) is 0 Å². The van der Waals surface area contributed by atoms with Gasteiger partial charge in [-0.05, 0) is 24.3 Å². The van der Waals surface area contributed by atoms with Crippen LogP contribution in [0.25, 0.3) is 5.69 Å². The highest BCUT2D eigenvalue weighted by atomic mass is 16.5. The van der Waals surface area contributed by atoms with Crippen molar-refractivity contribution in [3.8, 4) is 11.4 Å². The van der Waals surface area contributed by atoms with Gasteiger partial charge >= 0.3 is 0 Å². The molecule has 6 heteroatoms. The lowest BCUT2D eigenvalue weighted by atomic mass is 10.3. The van der Waals surface area contributed by atoms with E-state index in [1.54, 1.807) is 37.0 Å². The first-order valence-electron chi connectivity index (χ1n) is 5.78. The molecule has 0 amide bonds. The summed E-state index contributed by atoms with van der Waals surface area (Å²) in [5.74, 6) is 1.51. The van der Waals surface area contributed by atoms with Gasteiger partial charge in [0.1, 0.15) is 29.4 Å². The maximum Gasteiger partial charge on any atom is 0.150 e. The molecule has 2 rings (SSSR count). The molecule has 1 heterocycles. The molecule has 0 saturated heterocycles. The Morgan fingerprint density at radius 1 is 1.32 bits per heavy atom. The summed E-state index contributed by atoms with van der Waals surface area (Å²) in [4.78, 5) is 5.86. The molecule has 0 aliphatic carbocycles. The summed E-state index contributed by atoms with van der Waals surface area (Å²) in [5, 5.41) is 7.92. The molecular formula is C13H17N5O. The van der Waals surface area contributed by atoms with E-state index in [1.807, 2.05) is 24.3 Å². The van der Waals surface area contributed by atoms with Gasteiger partial charge in [0.2, 0.25) is 0 Å². The third-order valence-corrected chi connectivity index (χ3v) is 2.83. The van der Waals surface area contributed by atoms with E-state index in [9.17, 15) is 0 Å². The highest BCUT2D eigenvalue weighted by molar-refractivity contribution is 5.98. The lowest BCUT2D eigenvalue weighted by Gasteiger charge is -2.12. The molecule has 0 aliphatic heterocycles. The summed E-state index contributed by atoms with van der Waals surface area (Å²) >= 11 is 0. The highest BCUT2D eigenvalue weighted by Crippen LogP contribution is 2.20. The Balaban J connectivity index is 2.38. The molecule has 2 aromatic rings. The predicted molar refractivity (Wildman–Crippen MR) is 75.0 cm³/mol. The lowest BCUT2D eigenvalue weighted by molar-refractivity contribution is 0.415. The second-order valence-corrected chi connectivity index (χ2v) is 4.29. The number of benzene rings is 1. The predicted octanol–water partition coefficient (Wildman–Crippen LogP) is 1.35. The summed E-state index contributed by atoms with van der Waals surface area (Å²) in [6, 6.07) is 7.48. The molecule has 0 atom stereocenters. The molecule has 0 fully saturated rings. The van der Waals surface area contributed by atoms with Crippen molar-refractivity contribution >= 4 is 11.7 Å². The normalized spacial score (nSPS) is 10.3. The number of amidine groups is 1. The molecule has 1 aromatic carbocycles. The zero-order valence-corrected chi connectivity index (χ0v) is 11.2. The zero-order valence-electron chi connectivity index (χ0n) is 11.2. The van der Waals surface area contributed by atoms with Gasteiger partial charge in [0.25, 0.3) is 0 Å². The number of ether oxygens (including phenoxy) is 1. The Morgan fingerprint density at radius 3 is 2.47 bits per heavy atom. The fourth-order valence-corrected chi connectivity index (χ4v) is 1.70. The van der Waals surface area contributed by atoms with Crippen molar-refractivity contribution in [2.45, 2.75) is 0 Å². The van der Waals surface area contributed by atoms with Gasteiger partial charge in [0, 0.05) is 19.8 Å². The van der Waals surface area contributed by atoms with E-state index in [0.29, 0.717) is 11.5 Å². The van der Waals surface area contributed by atoms with Crippen LogP contribution in [-0.4, -0.2) is 41.5 Å². The smallest absolute Gasteiger partial charge is 0.150 e. The minimum Gasteiger partial charge on any atom is -0.497 e. The topological polar surface area (TPSA) is 80.2 Å². The Bertz CT molecular complexity index is 586. The third-order valence-electron chi connectivity index (χ3n) is 2.83. The number of aromatic nitrogens is 2. The molecule has 6 nitrogen and oxygen atoms in total. The number of methoxy groups -OCH3 is 1. The first-order chi connectivity index (χ1) is 9.04. The number of hydrogen-bond donors (Lipinski definition) is 2. The molecule has 100 valence electrons. The quantitative estimate of drug-likeness (QED) is 0.644. The van der Waals surface area contributed by atoms with Crippen molar-refractivity contribution in [3.63, 3.8) is 0 Å². The lowest BCUT2D eigenvalue weighted by Crippen LogP contribution is -2.23. The average Bonchev–Trinajstić information content (AvgIpc) is 2.79. The maximum absolute atomic E-state index is 7.92. The number of rotatable bonds is 3. The second-order valence-electron chi connectivity index (χ2n) is 4.29. The van der Waals surface area contributed by atoms with Crippen molar-refractivity contribution in [1.82, 2.24) is 14.5 Å². The highest BCUT2D eigenvalue weighted by Gasteiger charge is 2.14. The zero-order chi connectivity index (χ0) is 14.0. The van der Waals surface area contributed by atoms with Crippen LogP contribution < -0.4 is 10.5 Å². The summed E-state index contributed by atoms with van der Waals surface area (Å²) in [7, 11) is 5.19. The van der Waals surface area contributed by atoms with Crippen molar-refractivity contribution in [1.29, 1.82) is 5.41 Å². The number of imidazole rings is 1. The summed E-state index contributed by atoms with van der Waals surface area (Å²) < 4.78 is 6.86. The number of anilines is 1. The summed E-state index contributed by atoms with van der Waals surface area (Å²) in [5.41, 5.74) is 7.40. The minimum atomic E-state index is 0.282. The van der Waals surface area contributed by atoms with Gasteiger partial charge in [-0.25, -0.2) is 4.98 Å². The minimum absolute atomic E-state index is 0.282. The van der Waals surface area contributed by atoms with E-state index < -0.39 is 0 Å². The van der Waals surface area contributed by atoms with Crippen LogP contribution in [0.4, 0.5) is 5.82 Å². The van der Waals surface area contributed by atoms with Crippen LogP contribution in [0.2, 0.25) is 0 Å². The van der Waals surface area contributed by atoms with Crippen molar-refractivity contribution in [3.05, 3.63) is 36.3 Å². The number of nitrogens with one attached hydrogen (secondary N) is 1.